The fraction of sp³-hybridized carbons (Fsp3) is 0.636. The zero-order chi connectivity index (χ0) is 11.5. The Morgan fingerprint density at radius 2 is 2.44 bits per heavy atom. The number of nitrogens with zero attached hydrogens (tertiary/aromatic N) is 1. The molecule has 1 atom stereocenters. The topological polar surface area (TPSA) is 67.0 Å². The van der Waals surface area contributed by atoms with E-state index in [1.54, 1.807) is 0 Å². The van der Waals surface area contributed by atoms with E-state index in [0.29, 0.717) is 18.0 Å². The smallest absolute Gasteiger partial charge is 0.255 e. The van der Waals surface area contributed by atoms with E-state index in [0.717, 1.165) is 31.0 Å². The maximum Gasteiger partial charge on any atom is 0.255 e. The predicted molar refractivity (Wildman–Crippen MR) is 59.3 cm³/mol. The lowest BCUT2D eigenvalue weighted by atomic mass is 10.1. The van der Waals surface area contributed by atoms with Crippen LogP contribution in [0.5, 0.6) is 0 Å². The molecule has 1 aliphatic rings. The SMILES string of the molecule is Cc1n[nH]c(C)c1C(=O)NCC1CCOC1. The van der Waals surface area contributed by atoms with E-state index < -0.39 is 0 Å². The van der Waals surface area contributed by atoms with Crippen LogP contribution in [-0.2, 0) is 4.74 Å². The minimum atomic E-state index is -0.0457. The van der Waals surface area contributed by atoms with E-state index in [1.165, 1.54) is 0 Å². The number of hydrogen-bond donors (Lipinski definition) is 2. The molecule has 0 spiro atoms. The molecule has 2 rings (SSSR count). The average Bonchev–Trinajstić information content (AvgIpc) is 2.86. The zero-order valence-corrected chi connectivity index (χ0v) is 9.67. The molecule has 1 aromatic heterocycles. The minimum absolute atomic E-state index is 0.0457. The van der Waals surface area contributed by atoms with Gasteiger partial charge >= 0.3 is 0 Å². The molecule has 0 bridgehead atoms. The lowest BCUT2D eigenvalue weighted by molar-refractivity contribution is 0.0944. The summed E-state index contributed by atoms with van der Waals surface area (Å²) < 4.78 is 5.26. The number of hydrogen-bond acceptors (Lipinski definition) is 3. The van der Waals surface area contributed by atoms with Crippen molar-refractivity contribution in [3.8, 4) is 0 Å². The van der Waals surface area contributed by atoms with E-state index in [9.17, 15) is 4.79 Å². The molecule has 1 unspecified atom stereocenters. The third-order valence-electron chi connectivity index (χ3n) is 2.93. The summed E-state index contributed by atoms with van der Waals surface area (Å²) in [5.41, 5.74) is 2.23. The van der Waals surface area contributed by atoms with Crippen molar-refractivity contribution in [1.29, 1.82) is 0 Å². The minimum Gasteiger partial charge on any atom is -0.381 e. The summed E-state index contributed by atoms with van der Waals surface area (Å²) in [7, 11) is 0. The molecule has 1 amide bonds. The molecular formula is C11H17N3O2. The van der Waals surface area contributed by atoms with Gasteiger partial charge in [-0.2, -0.15) is 5.10 Å². The Hall–Kier alpha value is -1.36. The standard InChI is InChI=1S/C11H17N3O2/c1-7-10(8(2)14-13-7)11(15)12-5-9-3-4-16-6-9/h9H,3-6H2,1-2H3,(H,12,15)(H,13,14). The first kappa shape index (κ1) is 11.1. The van der Waals surface area contributed by atoms with Gasteiger partial charge in [0.2, 0.25) is 0 Å². The molecule has 0 radical (unpaired) electrons. The van der Waals surface area contributed by atoms with Crippen molar-refractivity contribution < 1.29 is 9.53 Å². The van der Waals surface area contributed by atoms with Gasteiger partial charge in [0, 0.05) is 24.8 Å². The third kappa shape index (κ3) is 2.24. The summed E-state index contributed by atoms with van der Waals surface area (Å²) in [6.07, 6.45) is 1.03. The summed E-state index contributed by atoms with van der Waals surface area (Å²) in [5.74, 6) is 0.409. The number of rotatable bonds is 3. The summed E-state index contributed by atoms with van der Waals surface area (Å²) in [6.45, 7) is 5.93. The van der Waals surface area contributed by atoms with Gasteiger partial charge < -0.3 is 10.1 Å². The van der Waals surface area contributed by atoms with Crippen LogP contribution >= 0.6 is 0 Å². The quantitative estimate of drug-likeness (QED) is 0.796. The maximum absolute atomic E-state index is 11.9. The molecule has 1 aromatic rings. The van der Waals surface area contributed by atoms with Crippen LogP contribution in [-0.4, -0.2) is 35.9 Å². The van der Waals surface area contributed by atoms with Gasteiger partial charge in [-0.1, -0.05) is 0 Å². The van der Waals surface area contributed by atoms with Gasteiger partial charge in [-0.15, -0.1) is 0 Å². The molecule has 1 aliphatic heterocycles. The zero-order valence-electron chi connectivity index (χ0n) is 9.67. The summed E-state index contributed by atoms with van der Waals surface area (Å²) in [4.78, 5) is 11.9. The number of carbonyl (C=O) groups excluding carboxylic acids is 1. The van der Waals surface area contributed by atoms with E-state index in [-0.39, 0.29) is 5.91 Å². The molecule has 0 aliphatic carbocycles. The highest BCUT2D eigenvalue weighted by Gasteiger charge is 2.19. The third-order valence-corrected chi connectivity index (χ3v) is 2.93. The average molecular weight is 223 g/mol. The van der Waals surface area contributed by atoms with Gasteiger partial charge in [-0.3, -0.25) is 9.89 Å². The first-order valence-corrected chi connectivity index (χ1v) is 5.56. The van der Waals surface area contributed by atoms with Crippen LogP contribution in [0, 0.1) is 19.8 Å². The van der Waals surface area contributed by atoms with E-state index in [2.05, 4.69) is 15.5 Å². The monoisotopic (exact) mass is 223 g/mol. The largest absolute Gasteiger partial charge is 0.381 e. The fourth-order valence-corrected chi connectivity index (χ4v) is 1.96. The van der Waals surface area contributed by atoms with Gasteiger partial charge in [-0.25, -0.2) is 0 Å². The summed E-state index contributed by atoms with van der Waals surface area (Å²) in [5, 5.41) is 9.75. The Morgan fingerprint density at radius 3 is 3.00 bits per heavy atom. The molecule has 0 aromatic carbocycles. The Morgan fingerprint density at radius 1 is 1.62 bits per heavy atom. The number of ether oxygens (including phenoxy) is 1. The Bertz CT molecular complexity index is 361. The molecule has 88 valence electrons. The highest BCUT2D eigenvalue weighted by Crippen LogP contribution is 2.12. The second kappa shape index (κ2) is 4.65. The van der Waals surface area contributed by atoms with Gasteiger partial charge in [0.15, 0.2) is 0 Å². The van der Waals surface area contributed by atoms with Crippen LogP contribution in [0.2, 0.25) is 0 Å². The number of amides is 1. The molecule has 16 heavy (non-hydrogen) atoms. The van der Waals surface area contributed by atoms with Crippen molar-refractivity contribution in [2.75, 3.05) is 19.8 Å². The fourth-order valence-electron chi connectivity index (χ4n) is 1.96. The normalized spacial score (nSPS) is 20.0. The molecule has 1 fully saturated rings. The first-order valence-electron chi connectivity index (χ1n) is 5.56. The van der Waals surface area contributed by atoms with Crippen molar-refractivity contribution in [3.05, 3.63) is 17.0 Å². The molecule has 1 saturated heterocycles. The van der Waals surface area contributed by atoms with Crippen LogP contribution < -0.4 is 5.32 Å². The van der Waals surface area contributed by atoms with Crippen LogP contribution in [0.25, 0.3) is 0 Å². The van der Waals surface area contributed by atoms with Crippen molar-refractivity contribution in [3.63, 3.8) is 0 Å². The van der Waals surface area contributed by atoms with Crippen LogP contribution in [0.3, 0.4) is 0 Å². The van der Waals surface area contributed by atoms with Gasteiger partial charge in [0.25, 0.3) is 5.91 Å². The van der Waals surface area contributed by atoms with E-state index >= 15 is 0 Å². The number of H-pyrrole nitrogens is 1. The van der Waals surface area contributed by atoms with Gasteiger partial charge in [-0.05, 0) is 20.3 Å². The summed E-state index contributed by atoms with van der Waals surface area (Å²) in [6, 6.07) is 0. The second-order valence-electron chi connectivity index (χ2n) is 4.25. The van der Waals surface area contributed by atoms with Crippen LogP contribution in [0.1, 0.15) is 28.2 Å². The maximum atomic E-state index is 11.9. The Kier molecular flexibility index (Phi) is 3.24. The number of aromatic amines is 1. The van der Waals surface area contributed by atoms with Crippen molar-refractivity contribution in [2.45, 2.75) is 20.3 Å². The lowest BCUT2D eigenvalue weighted by Crippen LogP contribution is -2.30. The van der Waals surface area contributed by atoms with Gasteiger partial charge in [0.05, 0.1) is 17.9 Å². The van der Waals surface area contributed by atoms with Gasteiger partial charge in [0.1, 0.15) is 0 Å². The first-order chi connectivity index (χ1) is 7.68. The number of nitrogens with one attached hydrogen (secondary N) is 2. The molecule has 0 saturated carbocycles. The lowest BCUT2D eigenvalue weighted by Gasteiger charge is -2.09. The number of carbonyl (C=O) groups is 1. The molecule has 5 nitrogen and oxygen atoms in total. The molecular weight excluding hydrogens is 206 g/mol. The van der Waals surface area contributed by atoms with E-state index in [4.69, 9.17) is 4.74 Å². The molecule has 2 heterocycles. The van der Waals surface area contributed by atoms with E-state index in [1.807, 2.05) is 13.8 Å². The molecule has 2 N–H and O–H groups in total. The van der Waals surface area contributed by atoms with Crippen molar-refractivity contribution >= 4 is 5.91 Å². The van der Waals surface area contributed by atoms with Crippen LogP contribution in [0.4, 0.5) is 0 Å². The summed E-state index contributed by atoms with van der Waals surface area (Å²) >= 11 is 0. The van der Waals surface area contributed by atoms with Crippen molar-refractivity contribution in [1.82, 2.24) is 15.5 Å². The Balaban J connectivity index is 1.92. The number of aromatic nitrogens is 2. The molecule has 5 heteroatoms. The Labute approximate surface area is 94.6 Å². The number of aryl methyl sites for hydroxylation is 2. The van der Waals surface area contributed by atoms with Crippen LogP contribution in [0.15, 0.2) is 0 Å². The highest BCUT2D eigenvalue weighted by molar-refractivity contribution is 5.96. The second-order valence-corrected chi connectivity index (χ2v) is 4.25. The highest BCUT2D eigenvalue weighted by atomic mass is 16.5. The van der Waals surface area contributed by atoms with Crippen molar-refractivity contribution in [2.24, 2.45) is 5.92 Å². The predicted octanol–water partition coefficient (Wildman–Crippen LogP) is 0.793.